The predicted octanol–water partition coefficient (Wildman–Crippen LogP) is -1.27. The lowest BCUT2D eigenvalue weighted by molar-refractivity contribution is -0.138. The summed E-state index contributed by atoms with van der Waals surface area (Å²) in [5, 5.41) is 11.4. The van der Waals surface area contributed by atoms with Crippen LogP contribution in [0.2, 0.25) is 0 Å². The van der Waals surface area contributed by atoms with Gasteiger partial charge >= 0.3 is 5.97 Å². The molecule has 0 spiro atoms. The number of nitrogens with one attached hydrogen (secondary N) is 1. The van der Waals surface area contributed by atoms with E-state index in [0.29, 0.717) is 13.2 Å². The van der Waals surface area contributed by atoms with Crippen LogP contribution in [0.15, 0.2) is 12.4 Å². The molecule has 1 unspecified atom stereocenters. The number of hydrogen-bond acceptors (Lipinski definition) is 4. The van der Waals surface area contributed by atoms with E-state index in [2.05, 4.69) is 5.32 Å². The first-order valence-corrected chi connectivity index (χ1v) is 3.32. The summed E-state index contributed by atoms with van der Waals surface area (Å²) in [5.41, 5.74) is 5.29. The van der Waals surface area contributed by atoms with E-state index in [9.17, 15) is 4.79 Å². The van der Waals surface area contributed by atoms with Crippen LogP contribution in [0, 0.1) is 0 Å². The van der Waals surface area contributed by atoms with Crippen LogP contribution in [-0.4, -0.2) is 35.2 Å². The molecule has 1 atom stereocenters. The Morgan fingerprint density at radius 2 is 2.64 bits per heavy atom. The van der Waals surface area contributed by atoms with Crippen molar-refractivity contribution in [3.8, 4) is 0 Å². The molecule has 5 heteroatoms. The Hall–Kier alpha value is -1.23. The molecule has 62 valence electrons. The number of carboxylic acids is 1. The van der Waals surface area contributed by atoms with Gasteiger partial charge in [0, 0.05) is 18.9 Å². The maximum absolute atomic E-state index is 10.3. The Bertz CT molecular complexity index is 181. The molecule has 1 aliphatic rings. The van der Waals surface area contributed by atoms with Gasteiger partial charge in [0.05, 0.1) is 6.67 Å². The molecule has 4 N–H and O–H groups in total. The Morgan fingerprint density at radius 3 is 3.09 bits per heavy atom. The fraction of sp³-hybridized carbons (Fsp3) is 0.500. The van der Waals surface area contributed by atoms with Crippen molar-refractivity contribution in [1.82, 2.24) is 10.2 Å². The second-order valence-electron chi connectivity index (χ2n) is 2.39. The van der Waals surface area contributed by atoms with E-state index in [1.54, 1.807) is 17.3 Å². The first-order valence-electron chi connectivity index (χ1n) is 3.32. The number of hydrogen-bond donors (Lipinski definition) is 3. The normalized spacial score (nSPS) is 18.1. The number of nitrogens with two attached hydrogens (primary N) is 1. The van der Waals surface area contributed by atoms with Crippen LogP contribution in [0.4, 0.5) is 0 Å². The molecule has 0 radical (unpaired) electrons. The zero-order chi connectivity index (χ0) is 8.27. The van der Waals surface area contributed by atoms with Gasteiger partial charge in [-0.05, 0) is 0 Å². The highest BCUT2D eigenvalue weighted by Gasteiger charge is 2.15. The zero-order valence-corrected chi connectivity index (χ0v) is 6.03. The third-order valence-electron chi connectivity index (χ3n) is 1.45. The van der Waals surface area contributed by atoms with Crippen LogP contribution in [-0.2, 0) is 4.79 Å². The highest BCUT2D eigenvalue weighted by Crippen LogP contribution is 1.95. The summed E-state index contributed by atoms with van der Waals surface area (Å²) in [6.07, 6.45) is 3.54. The molecule has 5 nitrogen and oxygen atoms in total. The summed E-state index contributed by atoms with van der Waals surface area (Å²) >= 11 is 0. The van der Waals surface area contributed by atoms with Crippen LogP contribution >= 0.6 is 0 Å². The standard InChI is InChI=1S/C6H11N3O2/c7-5(6(10)11)3-9-2-1-8-4-9/h1-2,5,8H,3-4,7H2,(H,10,11). The summed E-state index contributed by atoms with van der Waals surface area (Å²) in [5.74, 6) is -0.967. The molecule has 0 bridgehead atoms. The van der Waals surface area contributed by atoms with Gasteiger partial charge in [0.25, 0.3) is 0 Å². The second kappa shape index (κ2) is 3.25. The van der Waals surface area contributed by atoms with Crippen molar-refractivity contribution in [3.63, 3.8) is 0 Å². The lowest BCUT2D eigenvalue weighted by atomic mass is 10.3. The van der Waals surface area contributed by atoms with Gasteiger partial charge in [-0.15, -0.1) is 0 Å². The highest BCUT2D eigenvalue weighted by molar-refractivity contribution is 5.73. The minimum Gasteiger partial charge on any atom is -0.480 e. The summed E-state index contributed by atoms with van der Waals surface area (Å²) < 4.78 is 0. The first kappa shape index (κ1) is 7.87. The summed E-state index contributed by atoms with van der Waals surface area (Å²) in [4.78, 5) is 12.1. The number of carbonyl (C=O) groups is 1. The zero-order valence-electron chi connectivity index (χ0n) is 6.03. The summed E-state index contributed by atoms with van der Waals surface area (Å²) in [6, 6.07) is -0.806. The van der Waals surface area contributed by atoms with Gasteiger partial charge in [-0.2, -0.15) is 0 Å². The topological polar surface area (TPSA) is 78.6 Å². The monoisotopic (exact) mass is 157 g/mol. The minimum atomic E-state index is -0.967. The third kappa shape index (κ3) is 2.12. The fourth-order valence-corrected chi connectivity index (χ4v) is 0.837. The van der Waals surface area contributed by atoms with Crippen molar-refractivity contribution in [2.24, 2.45) is 5.73 Å². The number of carboxylic acid groups (broad SMARTS) is 1. The molecule has 0 fully saturated rings. The maximum atomic E-state index is 10.3. The number of nitrogens with zero attached hydrogens (tertiary/aromatic N) is 1. The number of rotatable bonds is 3. The second-order valence-corrected chi connectivity index (χ2v) is 2.39. The Labute approximate surface area is 64.5 Å². The van der Waals surface area contributed by atoms with Gasteiger partial charge in [-0.25, -0.2) is 0 Å². The molecule has 0 saturated carbocycles. The van der Waals surface area contributed by atoms with E-state index in [4.69, 9.17) is 10.8 Å². The molecule has 0 saturated heterocycles. The smallest absolute Gasteiger partial charge is 0.322 e. The fourth-order valence-electron chi connectivity index (χ4n) is 0.837. The molecular weight excluding hydrogens is 146 g/mol. The lowest BCUT2D eigenvalue weighted by Crippen LogP contribution is -2.41. The molecule has 0 amide bonds. The third-order valence-corrected chi connectivity index (χ3v) is 1.45. The van der Waals surface area contributed by atoms with Crippen molar-refractivity contribution in [2.45, 2.75) is 6.04 Å². The van der Waals surface area contributed by atoms with Crippen molar-refractivity contribution in [2.75, 3.05) is 13.2 Å². The molecule has 0 aliphatic carbocycles. The van der Waals surface area contributed by atoms with Gasteiger partial charge in [-0.1, -0.05) is 0 Å². The van der Waals surface area contributed by atoms with Crippen LogP contribution in [0.3, 0.4) is 0 Å². The molecule has 1 heterocycles. The summed E-state index contributed by atoms with van der Waals surface area (Å²) in [6.45, 7) is 0.986. The average molecular weight is 157 g/mol. The minimum absolute atomic E-state index is 0.346. The molecule has 0 aromatic rings. The SMILES string of the molecule is NC(CN1C=CNC1)C(=O)O. The molecule has 1 aliphatic heterocycles. The van der Waals surface area contributed by atoms with E-state index in [0.717, 1.165) is 0 Å². The van der Waals surface area contributed by atoms with Gasteiger partial charge in [-0.3, -0.25) is 4.79 Å². The molecule has 11 heavy (non-hydrogen) atoms. The van der Waals surface area contributed by atoms with Crippen molar-refractivity contribution in [1.29, 1.82) is 0 Å². The van der Waals surface area contributed by atoms with Crippen LogP contribution < -0.4 is 11.1 Å². The van der Waals surface area contributed by atoms with E-state index in [1.165, 1.54) is 0 Å². The van der Waals surface area contributed by atoms with Crippen LogP contribution in [0.25, 0.3) is 0 Å². The number of aliphatic carboxylic acids is 1. The Kier molecular flexibility index (Phi) is 2.32. The predicted molar refractivity (Wildman–Crippen MR) is 39.5 cm³/mol. The Balaban J connectivity index is 2.29. The van der Waals surface area contributed by atoms with Crippen molar-refractivity contribution in [3.05, 3.63) is 12.4 Å². The Morgan fingerprint density at radius 1 is 1.91 bits per heavy atom. The van der Waals surface area contributed by atoms with E-state index >= 15 is 0 Å². The van der Waals surface area contributed by atoms with Gasteiger partial charge in [0.2, 0.25) is 0 Å². The lowest BCUT2D eigenvalue weighted by Gasteiger charge is -2.16. The average Bonchev–Trinajstić information content (AvgIpc) is 2.39. The highest BCUT2D eigenvalue weighted by atomic mass is 16.4. The molecule has 0 aromatic heterocycles. The summed E-state index contributed by atoms with van der Waals surface area (Å²) in [7, 11) is 0. The quantitative estimate of drug-likeness (QED) is 0.476. The van der Waals surface area contributed by atoms with Crippen LogP contribution in [0.5, 0.6) is 0 Å². The van der Waals surface area contributed by atoms with E-state index in [-0.39, 0.29) is 0 Å². The van der Waals surface area contributed by atoms with E-state index < -0.39 is 12.0 Å². The van der Waals surface area contributed by atoms with Crippen molar-refractivity contribution >= 4 is 5.97 Å². The molecular formula is C6H11N3O2. The van der Waals surface area contributed by atoms with Gasteiger partial charge < -0.3 is 21.1 Å². The van der Waals surface area contributed by atoms with Crippen LogP contribution in [0.1, 0.15) is 0 Å². The first-order chi connectivity index (χ1) is 5.20. The van der Waals surface area contributed by atoms with Gasteiger partial charge in [0.15, 0.2) is 0 Å². The molecule has 1 rings (SSSR count). The molecule has 0 aromatic carbocycles. The maximum Gasteiger partial charge on any atom is 0.322 e. The van der Waals surface area contributed by atoms with E-state index in [1.807, 2.05) is 0 Å². The van der Waals surface area contributed by atoms with Gasteiger partial charge in [0.1, 0.15) is 6.04 Å². The largest absolute Gasteiger partial charge is 0.480 e. The van der Waals surface area contributed by atoms with Crippen molar-refractivity contribution < 1.29 is 9.90 Å².